The van der Waals surface area contributed by atoms with Crippen LogP contribution in [0.3, 0.4) is 0 Å². The van der Waals surface area contributed by atoms with Crippen molar-refractivity contribution < 1.29 is 12.8 Å². The topological polar surface area (TPSA) is 86.6 Å². The van der Waals surface area contributed by atoms with E-state index in [1.807, 2.05) is 18.2 Å². The lowest BCUT2D eigenvalue weighted by Crippen LogP contribution is -2.48. The lowest BCUT2D eigenvalue weighted by atomic mass is 10.2. The van der Waals surface area contributed by atoms with Gasteiger partial charge in [-0.05, 0) is 23.8 Å². The number of benzene rings is 2. The van der Waals surface area contributed by atoms with E-state index in [1.54, 1.807) is 0 Å². The molecule has 0 spiro atoms. The fourth-order valence-corrected chi connectivity index (χ4v) is 4.66. The zero-order valence-electron chi connectivity index (χ0n) is 14.1. The van der Waals surface area contributed by atoms with E-state index in [9.17, 15) is 13.2 Å². The highest BCUT2D eigenvalue weighted by molar-refractivity contribution is 7.89. The van der Waals surface area contributed by atoms with Gasteiger partial charge in [0.25, 0.3) is 0 Å². The summed E-state index contributed by atoms with van der Waals surface area (Å²) in [7, 11) is -3.60. The molecule has 1 aliphatic heterocycles. The van der Waals surface area contributed by atoms with E-state index in [4.69, 9.17) is 4.42 Å². The van der Waals surface area contributed by atoms with Crippen LogP contribution in [0.4, 0.5) is 0 Å². The number of sulfonamides is 1. The van der Waals surface area contributed by atoms with Crippen molar-refractivity contribution in [3.05, 3.63) is 64.6 Å². The number of aromatic amines is 1. The van der Waals surface area contributed by atoms with Crippen LogP contribution in [0.1, 0.15) is 5.56 Å². The first-order valence-corrected chi connectivity index (χ1v) is 9.86. The van der Waals surface area contributed by atoms with Crippen molar-refractivity contribution in [2.24, 2.45) is 0 Å². The quantitative estimate of drug-likeness (QED) is 0.751. The minimum Gasteiger partial charge on any atom is -0.408 e. The average Bonchev–Trinajstić information content (AvgIpc) is 3.02. The fraction of sp³-hybridized carbons (Fsp3) is 0.278. The minimum absolute atomic E-state index is 0.165. The van der Waals surface area contributed by atoms with Crippen LogP contribution in [0.5, 0.6) is 0 Å². The number of oxazole rings is 1. The minimum atomic E-state index is -3.60. The predicted octanol–water partition coefficient (Wildman–Crippen LogP) is 1.63. The molecule has 2 aromatic carbocycles. The van der Waals surface area contributed by atoms with Crippen molar-refractivity contribution in [1.82, 2.24) is 14.2 Å². The second-order valence-corrected chi connectivity index (χ2v) is 8.28. The van der Waals surface area contributed by atoms with Gasteiger partial charge in [-0.3, -0.25) is 9.88 Å². The molecule has 2 heterocycles. The summed E-state index contributed by atoms with van der Waals surface area (Å²) in [4.78, 5) is 16.2. The standard InChI is InChI=1S/C18H19N3O4S/c22-18-19-16-12-15(6-7-17(16)25-18)26(23,24)21-10-8-20(9-11-21)13-14-4-2-1-3-5-14/h1-7,12H,8-11,13H2,(H,19,22). The summed E-state index contributed by atoms with van der Waals surface area (Å²) in [5.74, 6) is -0.593. The lowest BCUT2D eigenvalue weighted by molar-refractivity contribution is 0.181. The molecular formula is C18H19N3O4S. The van der Waals surface area contributed by atoms with Gasteiger partial charge in [-0.25, -0.2) is 13.2 Å². The van der Waals surface area contributed by atoms with Crippen molar-refractivity contribution in [3.63, 3.8) is 0 Å². The molecule has 1 saturated heterocycles. The molecule has 0 amide bonds. The Labute approximate surface area is 150 Å². The van der Waals surface area contributed by atoms with Crippen molar-refractivity contribution in [2.75, 3.05) is 26.2 Å². The van der Waals surface area contributed by atoms with E-state index < -0.39 is 15.8 Å². The van der Waals surface area contributed by atoms with E-state index in [0.717, 1.165) is 6.54 Å². The van der Waals surface area contributed by atoms with Gasteiger partial charge >= 0.3 is 5.76 Å². The number of H-pyrrole nitrogens is 1. The lowest BCUT2D eigenvalue weighted by Gasteiger charge is -2.34. The third-order valence-electron chi connectivity index (χ3n) is 4.61. The molecule has 3 aromatic rings. The Bertz CT molecular complexity index is 1060. The number of nitrogens with one attached hydrogen (secondary N) is 1. The fourth-order valence-electron chi connectivity index (χ4n) is 3.21. The Balaban J connectivity index is 1.47. The normalized spacial score (nSPS) is 16.9. The third kappa shape index (κ3) is 3.31. The molecule has 26 heavy (non-hydrogen) atoms. The summed E-state index contributed by atoms with van der Waals surface area (Å²) < 4.78 is 32.2. The summed E-state index contributed by atoms with van der Waals surface area (Å²) >= 11 is 0. The van der Waals surface area contributed by atoms with Crippen molar-refractivity contribution in [3.8, 4) is 0 Å². The molecule has 0 aliphatic carbocycles. The van der Waals surface area contributed by atoms with Gasteiger partial charge in [-0.1, -0.05) is 30.3 Å². The zero-order chi connectivity index (χ0) is 18.1. The SMILES string of the molecule is O=c1[nH]c2cc(S(=O)(=O)N3CCN(Cc4ccccc4)CC3)ccc2o1. The first-order valence-electron chi connectivity index (χ1n) is 8.42. The Morgan fingerprint density at radius 3 is 2.46 bits per heavy atom. The van der Waals surface area contributed by atoms with Crippen molar-refractivity contribution in [1.29, 1.82) is 0 Å². The summed E-state index contributed by atoms with van der Waals surface area (Å²) in [5, 5.41) is 0. The second kappa shape index (κ2) is 6.71. The molecule has 0 saturated carbocycles. The Morgan fingerprint density at radius 1 is 1.00 bits per heavy atom. The first kappa shape index (κ1) is 17.0. The maximum Gasteiger partial charge on any atom is 0.417 e. The predicted molar refractivity (Wildman–Crippen MR) is 97.3 cm³/mol. The van der Waals surface area contributed by atoms with Gasteiger partial charge in [0.1, 0.15) is 0 Å². The molecule has 1 aromatic heterocycles. The Morgan fingerprint density at radius 2 is 1.73 bits per heavy atom. The summed E-state index contributed by atoms with van der Waals surface area (Å²) in [6.07, 6.45) is 0. The molecule has 0 radical (unpaired) electrons. The number of piperazine rings is 1. The van der Waals surface area contributed by atoms with Crippen LogP contribution in [-0.2, 0) is 16.6 Å². The number of aromatic nitrogens is 1. The van der Waals surface area contributed by atoms with Crippen LogP contribution in [0.25, 0.3) is 11.1 Å². The molecule has 1 N–H and O–H groups in total. The van der Waals surface area contributed by atoms with Crippen LogP contribution in [0, 0.1) is 0 Å². The monoisotopic (exact) mass is 373 g/mol. The molecule has 0 unspecified atom stereocenters. The van der Waals surface area contributed by atoms with Crippen LogP contribution in [0.2, 0.25) is 0 Å². The second-order valence-electron chi connectivity index (χ2n) is 6.34. The van der Waals surface area contributed by atoms with Crippen molar-refractivity contribution in [2.45, 2.75) is 11.4 Å². The van der Waals surface area contributed by atoms with Crippen LogP contribution in [-0.4, -0.2) is 48.8 Å². The molecule has 0 bridgehead atoms. The molecule has 1 fully saturated rings. The highest BCUT2D eigenvalue weighted by Gasteiger charge is 2.28. The number of fused-ring (bicyclic) bond motifs is 1. The molecule has 0 atom stereocenters. The number of rotatable bonds is 4. The van der Waals surface area contributed by atoms with Gasteiger partial charge in [0, 0.05) is 32.7 Å². The highest BCUT2D eigenvalue weighted by atomic mass is 32.2. The summed E-state index contributed by atoms with van der Waals surface area (Å²) in [6, 6.07) is 14.6. The molecule has 4 rings (SSSR count). The smallest absolute Gasteiger partial charge is 0.408 e. The van der Waals surface area contributed by atoms with Gasteiger partial charge in [0.15, 0.2) is 5.58 Å². The van der Waals surface area contributed by atoms with Gasteiger partial charge < -0.3 is 4.42 Å². The average molecular weight is 373 g/mol. The molecule has 7 nitrogen and oxygen atoms in total. The first-order chi connectivity index (χ1) is 12.5. The van der Waals surface area contributed by atoms with E-state index >= 15 is 0 Å². The van der Waals surface area contributed by atoms with Gasteiger partial charge in [0.2, 0.25) is 10.0 Å². The molecular weight excluding hydrogens is 354 g/mol. The summed E-state index contributed by atoms with van der Waals surface area (Å²) in [5.41, 5.74) is 1.96. The van der Waals surface area contributed by atoms with Crippen LogP contribution < -0.4 is 5.76 Å². The maximum absolute atomic E-state index is 12.9. The van der Waals surface area contributed by atoms with E-state index in [0.29, 0.717) is 37.3 Å². The van der Waals surface area contributed by atoms with Gasteiger partial charge in [-0.2, -0.15) is 4.31 Å². The zero-order valence-corrected chi connectivity index (χ0v) is 14.9. The summed E-state index contributed by atoms with van der Waals surface area (Å²) in [6.45, 7) is 3.05. The molecule has 1 aliphatic rings. The third-order valence-corrected chi connectivity index (χ3v) is 6.50. The van der Waals surface area contributed by atoms with Gasteiger partial charge in [0.05, 0.1) is 10.4 Å². The largest absolute Gasteiger partial charge is 0.417 e. The number of nitrogens with zero attached hydrogens (tertiary/aromatic N) is 2. The molecule has 136 valence electrons. The van der Waals surface area contributed by atoms with E-state index in [-0.39, 0.29) is 4.90 Å². The van der Waals surface area contributed by atoms with Gasteiger partial charge in [-0.15, -0.1) is 0 Å². The van der Waals surface area contributed by atoms with Crippen molar-refractivity contribution >= 4 is 21.1 Å². The Kier molecular flexibility index (Phi) is 4.39. The highest BCUT2D eigenvalue weighted by Crippen LogP contribution is 2.21. The van der Waals surface area contributed by atoms with E-state index in [1.165, 1.54) is 28.1 Å². The van der Waals surface area contributed by atoms with Crippen LogP contribution >= 0.6 is 0 Å². The maximum atomic E-state index is 12.9. The number of hydrogen-bond acceptors (Lipinski definition) is 5. The Hall–Kier alpha value is -2.42. The van der Waals surface area contributed by atoms with Crippen LogP contribution in [0.15, 0.2) is 62.6 Å². The number of hydrogen-bond donors (Lipinski definition) is 1. The van der Waals surface area contributed by atoms with E-state index in [2.05, 4.69) is 22.0 Å². The molecule has 8 heteroatoms.